The van der Waals surface area contributed by atoms with Crippen molar-refractivity contribution in [2.45, 2.75) is 53.2 Å². The van der Waals surface area contributed by atoms with Crippen LogP contribution in [-0.2, 0) is 16.0 Å². The summed E-state index contributed by atoms with van der Waals surface area (Å²) in [6, 6.07) is 5.23. The lowest BCUT2D eigenvalue weighted by atomic mass is 10.1. The van der Waals surface area contributed by atoms with Crippen molar-refractivity contribution in [1.82, 2.24) is 9.55 Å². The first-order valence-corrected chi connectivity index (χ1v) is 7.77. The third-order valence-electron chi connectivity index (χ3n) is 3.50. The molecule has 0 spiro atoms. The summed E-state index contributed by atoms with van der Waals surface area (Å²) >= 11 is 0. The number of carbonyl (C=O) groups is 1. The highest BCUT2D eigenvalue weighted by Gasteiger charge is 2.24. The molecule has 2 rings (SSSR count). The van der Waals surface area contributed by atoms with Crippen LogP contribution in [0, 0.1) is 5.92 Å². The smallest absolute Gasteiger partial charge is 0.329 e. The van der Waals surface area contributed by atoms with E-state index in [9.17, 15) is 4.79 Å². The van der Waals surface area contributed by atoms with E-state index in [0.29, 0.717) is 11.6 Å². The Labute approximate surface area is 131 Å². The second-order valence-electron chi connectivity index (χ2n) is 6.37. The summed E-state index contributed by atoms with van der Waals surface area (Å²) in [5, 5.41) is 0. The highest BCUT2D eigenvalue weighted by atomic mass is 16.5. The Bertz CT molecular complexity index is 674. The number of anilines is 1. The van der Waals surface area contributed by atoms with E-state index in [2.05, 4.69) is 18.8 Å². The first-order chi connectivity index (χ1) is 10.3. The van der Waals surface area contributed by atoms with E-state index in [1.807, 2.05) is 43.5 Å². The second kappa shape index (κ2) is 6.38. The summed E-state index contributed by atoms with van der Waals surface area (Å²) < 4.78 is 7.31. The van der Waals surface area contributed by atoms with Gasteiger partial charge in [-0.25, -0.2) is 9.78 Å². The number of nitrogens with two attached hydrogens (primary N) is 1. The number of ether oxygens (including phenoxy) is 1. The Morgan fingerprint density at radius 2 is 1.95 bits per heavy atom. The molecule has 2 aromatic rings. The van der Waals surface area contributed by atoms with E-state index in [-0.39, 0.29) is 12.1 Å². The van der Waals surface area contributed by atoms with E-state index < -0.39 is 6.04 Å². The Morgan fingerprint density at radius 3 is 2.55 bits per heavy atom. The van der Waals surface area contributed by atoms with Crippen LogP contribution in [0.1, 0.15) is 46.5 Å². The van der Waals surface area contributed by atoms with Crippen LogP contribution in [-0.4, -0.2) is 21.6 Å². The summed E-state index contributed by atoms with van der Waals surface area (Å²) in [5.41, 5.74) is 8.30. The van der Waals surface area contributed by atoms with Gasteiger partial charge in [0.05, 0.1) is 17.3 Å². The monoisotopic (exact) mass is 303 g/mol. The normalized spacial score (nSPS) is 13.0. The Kier molecular flexibility index (Phi) is 4.74. The molecule has 22 heavy (non-hydrogen) atoms. The zero-order valence-electron chi connectivity index (χ0n) is 14.0. The number of aromatic nitrogens is 2. The Morgan fingerprint density at radius 1 is 1.27 bits per heavy atom. The van der Waals surface area contributed by atoms with Crippen LogP contribution in [0.15, 0.2) is 18.2 Å². The van der Waals surface area contributed by atoms with Gasteiger partial charge in [0.2, 0.25) is 0 Å². The first kappa shape index (κ1) is 16.3. The molecule has 1 aromatic carbocycles. The maximum Gasteiger partial charge on any atom is 0.329 e. The molecule has 2 N–H and O–H groups in total. The maximum atomic E-state index is 12.3. The fraction of sp³-hybridized carbons (Fsp3) is 0.529. The largest absolute Gasteiger partial charge is 0.461 e. The Hall–Kier alpha value is -2.04. The number of esters is 1. The zero-order valence-corrected chi connectivity index (χ0v) is 14.0. The number of benzene rings is 1. The predicted molar refractivity (Wildman–Crippen MR) is 88.6 cm³/mol. The van der Waals surface area contributed by atoms with Crippen molar-refractivity contribution >= 4 is 22.7 Å². The fourth-order valence-electron chi connectivity index (χ4n) is 2.56. The van der Waals surface area contributed by atoms with E-state index in [0.717, 1.165) is 23.3 Å². The third kappa shape index (κ3) is 3.24. The van der Waals surface area contributed by atoms with Crippen molar-refractivity contribution in [1.29, 1.82) is 0 Å². The summed E-state index contributed by atoms with van der Waals surface area (Å²) in [4.78, 5) is 17.0. The molecule has 0 bridgehead atoms. The summed E-state index contributed by atoms with van der Waals surface area (Å²) in [6.07, 6.45) is 0.649. The number of imidazole rings is 1. The number of rotatable bonds is 5. The van der Waals surface area contributed by atoms with Crippen molar-refractivity contribution < 1.29 is 9.53 Å². The molecule has 0 saturated heterocycles. The van der Waals surface area contributed by atoms with Crippen LogP contribution in [0.25, 0.3) is 11.0 Å². The number of hydrogen-bond acceptors (Lipinski definition) is 4. The number of fused-ring (bicyclic) bond motifs is 1. The minimum absolute atomic E-state index is 0.136. The number of para-hydroxylation sites is 1. The number of hydrogen-bond donors (Lipinski definition) is 1. The molecule has 1 aromatic heterocycles. The fourth-order valence-corrected chi connectivity index (χ4v) is 2.56. The molecule has 0 radical (unpaired) electrons. The van der Waals surface area contributed by atoms with E-state index in [1.165, 1.54) is 0 Å². The van der Waals surface area contributed by atoms with Gasteiger partial charge in [0, 0.05) is 6.42 Å². The molecule has 5 heteroatoms. The molecule has 1 atom stereocenters. The number of nitrogens with zero attached hydrogens (tertiary/aromatic N) is 2. The predicted octanol–water partition coefficient (Wildman–Crippen LogP) is 3.33. The molecule has 5 nitrogen and oxygen atoms in total. The van der Waals surface area contributed by atoms with Crippen molar-refractivity contribution in [2.24, 2.45) is 5.92 Å². The average Bonchev–Trinajstić information content (AvgIpc) is 2.75. The molecule has 0 aliphatic carbocycles. The summed E-state index contributed by atoms with van der Waals surface area (Å²) in [7, 11) is 0. The van der Waals surface area contributed by atoms with Gasteiger partial charge in [0.1, 0.15) is 17.4 Å². The lowest BCUT2D eigenvalue weighted by molar-refractivity contribution is -0.150. The van der Waals surface area contributed by atoms with Gasteiger partial charge in [-0.05, 0) is 38.8 Å². The molecule has 0 saturated carbocycles. The van der Waals surface area contributed by atoms with Crippen LogP contribution < -0.4 is 5.73 Å². The minimum atomic E-state index is -0.428. The van der Waals surface area contributed by atoms with Crippen LogP contribution in [0.2, 0.25) is 0 Å². The van der Waals surface area contributed by atoms with Crippen LogP contribution in [0.3, 0.4) is 0 Å². The summed E-state index contributed by atoms with van der Waals surface area (Å²) in [5.74, 6) is 1.06. The van der Waals surface area contributed by atoms with Gasteiger partial charge in [0.15, 0.2) is 0 Å². The second-order valence-corrected chi connectivity index (χ2v) is 6.37. The molecule has 1 unspecified atom stereocenters. The maximum absolute atomic E-state index is 12.3. The first-order valence-electron chi connectivity index (χ1n) is 7.77. The molecular weight excluding hydrogens is 278 g/mol. The third-order valence-corrected chi connectivity index (χ3v) is 3.50. The van der Waals surface area contributed by atoms with Crippen molar-refractivity contribution in [3.8, 4) is 0 Å². The SMILES string of the molecule is CC(C)Cc1nc2c(N)cccc2n1C(C)C(=O)OC(C)C. The average molecular weight is 303 g/mol. The summed E-state index contributed by atoms with van der Waals surface area (Å²) in [6.45, 7) is 9.81. The molecule has 0 aliphatic rings. The van der Waals surface area contributed by atoms with Gasteiger partial charge in [0.25, 0.3) is 0 Å². The lowest BCUT2D eigenvalue weighted by Gasteiger charge is -2.19. The van der Waals surface area contributed by atoms with Gasteiger partial charge < -0.3 is 15.0 Å². The molecule has 0 fully saturated rings. The van der Waals surface area contributed by atoms with Crippen molar-refractivity contribution in [3.63, 3.8) is 0 Å². The van der Waals surface area contributed by atoms with E-state index in [4.69, 9.17) is 10.5 Å². The van der Waals surface area contributed by atoms with Crippen molar-refractivity contribution in [2.75, 3.05) is 5.73 Å². The van der Waals surface area contributed by atoms with E-state index in [1.54, 1.807) is 0 Å². The minimum Gasteiger partial charge on any atom is -0.461 e. The van der Waals surface area contributed by atoms with Gasteiger partial charge in [-0.2, -0.15) is 0 Å². The molecular formula is C17H25N3O2. The molecule has 120 valence electrons. The van der Waals surface area contributed by atoms with Gasteiger partial charge in [-0.15, -0.1) is 0 Å². The highest BCUT2D eigenvalue weighted by molar-refractivity contribution is 5.89. The van der Waals surface area contributed by atoms with Crippen LogP contribution in [0.5, 0.6) is 0 Å². The molecule has 1 heterocycles. The number of carbonyl (C=O) groups excluding carboxylic acids is 1. The van der Waals surface area contributed by atoms with Gasteiger partial charge in [-0.1, -0.05) is 19.9 Å². The number of nitrogen functional groups attached to an aromatic ring is 1. The van der Waals surface area contributed by atoms with Gasteiger partial charge in [-0.3, -0.25) is 0 Å². The van der Waals surface area contributed by atoms with Crippen molar-refractivity contribution in [3.05, 3.63) is 24.0 Å². The topological polar surface area (TPSA) is 70.1 Å². The van der Waals surface area contributed by atoms with E-state index >= 15 is 0 Å². The Balaban J connectivity index is 2.53. The highest BCUT2D eigenvalue weighted by Crippen LogP contribution is 2.27. The van der Waals surface area contributed by atoms with Crippen LogP contribution >= 0.6 is 0 Å². The lowest BCUT2D eigenvalue weighted by Crippen LogP contribution is -2.24. The molecule has 0 amide bonds. The van der Waals surface area contributed by atoms with Gasteiger partial charge >= 0.3 is 5.97 Å². The quantitative estimate of drug-likeness (QED) is 0.679. The zero-order chi connectivity index (χ0) is 16.4. The molecule has 0 aliphatic heterocycles. The van der Waals surface area contributed by atoms with Crippen LogP contribution in [0.4, 0.5) is 5.69 Å². The standard InChI is InChI=1S/C17H25N3O2/c1-10(2)9-15-19-16-13(18)7-6-8-14(16)20(15)12(5)17(21)22-11(3)4/h6-8,10-12H,9,18H2,1-5H3.